The standard InChI is InChI=1S/C30H27Si.3ClH.Ti/c1-22-9-6-13-26(19-22)31(27-14-7-10-23(2)20-27,28-15-8-11-24(3)21-28)30-18-17-25-12-4-5-16-29(25)30;;;;/h4-21H,1-3H3;3*1H;. The SMILES string of the molecule is Cc1cccc([Si](c2cccc(C)c2)(c2cccc(C)c2)[C]2([Ti])C=Cc3ccccc32)c1.Cl.Cl.Cl. The molecule has 1 atom stereocenters. The maximum atomic E-state index is 2.50. The molecule has 1 aliphatic rings. The van der Waals surface area contributed by atoms with Crippen molar-refractivity contribution in [2.75, 3.05) is 0 Å². The van der Waals surface area contributed by atoms with Gasteiger partial charge in [-0.2, -0.15) is 0 Å². The molecule has 1 unspecified atom stereocenters. The van der Waals surface area contributed by atoms with Gasteiger partial charge >= 0.3 is 205 Å². The van der Waals surface area contributed by atoms with Crippen molar-refractivity contribution in [1.29, 1.82) is 0 Å². The predicted octanol–water partition coefficient (Wildman–Crippen LogP) is 6.36. The Kier molecular flexibility index (Phi) is 9.87. The van der Waals surface area contributed by atoms with Crippen LogP contribution in [0.15, 0.2) is 103 Å². The molecule has 0 heterocycles. The molecule has 35 heavy (non-hydrogen) atoms. The first-order valence-corrected chi connectivity index (χ1v) is 14.0. The zero-order chi connectivity index (χ0) is 22.3. The van der Waals surface area contributed by atoms with Gasteiger partial charge in [-0.3, -0.25) is 0 Å². The summed E-state index contributed by atoms with van der Waals surface area (Å²) in [5.74, 6) is 0. The summed E-state index contributed by atoms with van der Waals surface area (Å²) in [7, 11) is -2.55. The predicted molar refractivity (Wildman–Crippen MR) is 157 cm³/mol. The van der Waals surface area contributed by atoms with E-state index in [1.807, 2.05) is 0 Å². The molecule has 0 amide bonds. The summed E-state index contributed by atoms with van der Waals surface area (Å²) in [5.41, 5.74) is 6.74. The summed E-state index contributed by atoms with van der Waals surface area (Å²) in [6, 6.07) is 36.8. The fourth-order valence-electron chi connectivity index (χ4n) is 5.45. The molecule has 0 spiro atoms. The first-order chi connectivity index (χ1) is 15.4. The molecule has 0 bridgehead atoms. The number of hydrogen-bond donors (Lipinski definition) is 0. The van der Waals surface area contributed by atoms with Crippen LogP contribution in [0.5, 0.6) is 0 Å². The minimum absolute atomic E-state index is 0. The van der Waals surface area contributed by atoms with E-state index in [0.29, 0.717) is 0 Å². The van der Waals surface area contributed by atoms with Gasteiger partial charge in [0.25, 0.3) is 0 Å². The first kappa shape index (κ1) is 29.7. The molecule has 4 aromatic rings. The molecule has 5 heteroatoms. The maximum Gasteiger partial charge on any atom is -0.147 e. The molecular formula is C30H30Cl3SiTi. The third-order valence-corrected chi connectivity index (χ3v) is 14.4. The fourth-order valence-corrected chi connectivity index (χ4v) is 13.7. The minimum Gasteiger partial charge on any atom is -0.147 e. The summed E-state index contributed by atoms with van der Waals surface area (Å²) in [6.45, 7) is 6.65. The molecule has 0 aliphatic heterocycles. The number of aryl methyl sites for hydroxylation is 3. The molecule has 0 saturated heterocycles. The van der Waals surface area contributed by atoms with Gasteiger partial charge in [0.05, 0.1) is 0 Å². The van der Waals surface area contributed by atoms with Crippen molar-refractivity contribution >= 4 is 66.9 Å². The Morgan fingerprint density at radius 2 is 1.00 bits per heavy atom. The zero-order valence-electron chi connectivity index (χ0n) is 20.1. The zero-order valence-corrected chi connectivity index (χ0v) is 25.1. The van der Waals surface area contributed by atoms with Crippen molar-refractivity contribution in [2.45, 2.75) is 24.1 Å². The van der Waals surface area contributed by atoms with Crippen molar-refractivity contribution in [3.05, 3.63) is 131 Å². The van der Waals surface area contributed by atoms with Crippen LogP contribution in [0.25, 0.3) is 6.08 Å². The monoisotopic (exact) mass is 571 g/mol. The third-order valence-electron chi connectivity index (χ3n) is 6.84. The van der Waals surface area contributed by atoms with E-state index in [9.17, 15) is 0 Å². The van der Waals surface area contributed by atoms with Gasteiger partial charge in [0.2, 0.25) is 0 Å². The maximum absolute atomic E-state index is 2.55. The molecule has 1 aliphatic carbocycles. The van der Waals surface area contributed by atoms with Crippen molar-refractivity contribution in [3.8, 4) is 0 Å². The van der Waals surface area contributed by atoms with Gasteiger partial charge in [-0.15, -0.1) is 37.2 Å². The average molecular weight is 573 g/mol. The van der Waals surface area contributed by atoms with Gasteiger partial charge in [0.1, 0.15) is 0 Å². The quantitative estimate of drug-likeness (QED) is 0.197. The molecule has 0 aromatic heterocycles. The largest absolute Gasteiger partial charge is 0.147 e. The van der Waals surface area contributed by atoms with Gasteiger partial charge in [-0.25, -0.2) is 0 Å². The van der Waals surface area contributed by atoms with Crippen LogP contribution in [0.2, 0.25) is 0 Å². The third kappa shape index (κ3) is 4.88. The number of rotatable bonds is 4. The smallest absolute Gasteiger partial charge is 0.147 e. The number of hydrogen-bond acceptors (Lipinski definition) is 0. The number of benzene rings is 4. The van der Waals surface area contributed by atoms with Crippen LogP contribution in [-0.4, -0.2) is 8.07 Å². The summed E-state index contributed by atoms with van der Waals surface area (Å²) in [4.78, 5) is 0. The Bertz CT molecular complexity index is 1240. The van der Waals surface area contributed by atoms with E-state index in [4.69, 9.17) is 0 Å². The molecule has 0 N–H and O–H groups in total. The van der Waals surface area contributed by atoms with Crippen molar-refractivity contribution < 1.29 is 20.4 Å². The van der Waals surface area contributed by atoms with E-state index in [2.05, 4.69) is 150 Å². The van der Waals surface area contributed by atoms with Crippen molar-refractivity contribution in [1.82, 2.24) is 0 Å². The van der Waals surface area contributed by atoms with Gasteiger partial charge in [0, 0.05) is 0 Å². The molecule has 0 radical (unpaired) electrons. The second-order valence-corrected chi connectivity index (χ2v) is 15.1. The molecule has 0 nitrogen and oxygen atoms in total. The van der Waals surface area contributed by atoms with Gasteiger partial charge in [-0.1, -0.05) is 0 Å². The molecule has 179 valence electrons. The van der Waals surface area contributed by atoms with E-state index in [1.165, 1.54) is 43.4 Å². The summed E-state index contributed by atoms with van der Waals surface area (Å²) in [6.07, 6.45) is 4.84. The van der Waals surface area contributed by atoms with E-state index in [0.717, 1.165) is 0 Å². The summed E-state index contributed by atoms with van der Waals surface area (Å²) >= 11 is 2.48. The van der Waals surface area contributed by atoms with E-state index >= 15 is 0 Å². The molecule has 4 aromatic carbocycles. The number of fused-ring (bicyclic) bond motifs is 1. The van der Waals surface area contributed by atoms with Crippen LogP contribution in [-0.2, 0) is 23.8 Å². The van der Waals surface area contributed by atoms with Gasteiger partial charge in [0.15, 0.2) is 0 Å². The summed E-state index contributed by atoms with van der Waals surface area (Å²) in [5, 5.41) is 4.41. The topological polar surface area (TPSA) is 0 Å². The molecule has 0 fully saturated rings. The second-order valence-electron chi connectivity index (χ2n) is 9.09. The van der Waals surface area contributed by atoms with Crippen LogP contribution >= 0.6 is 37.2 Å². The Morgan fingerprint density at radius 1 is 0.571 bits per heavy atom. The van der Waals surface area contributed by atoms with Crippen molar-refractivity contribution in [3.63, 3.8) is 0 Å². The van der Waals surface area contributed by atoms with Crippen LogP contribution in [0.3, 0.4) is 0 Å². The summed E-state index contributed by atoms with van der Waals surface area (Å²) < 4.78 is -0.112. The van der Waals surface area contributed by atoms with Crippen LogP contribution in [0.4, 0.5) is 0 Å². The van der Waals surface area contributed by atoms with E-state index < -0.39 is 8.07 Å². The molecule has 5 rings (SSSR count). The van der Waals surface area contributed by atoms with Gasteiger partial charge in [-0.05, 0) is 0 Å². The normalized spacial score (nSPS) is 15.8. The Labute approximate surface area is 240 Å². The fraction of sp³-hybridized carbons (Fsp3) is 0.133. The molecule has 0 saturated carbocycles. The second kappa shape index (κ2) is 11.6. The minimum atomic E-state index is -2.55. The Morgan fingerprint density at radius 3 is 1.43 bits per heavy atom. The Balaban J connectivity index is 0.00000144. The number of allylic oxidation sites excluding steroid dienone is 1. The average Bonchev–Trinajstić information content (AvgIpc) is 3.13. The van der Waals surface area contributed by atoms with Gasteiger partial charge < -0.3 is 0 Å². The molecular weight excluding hydrogens is 543 g/mol. The first-order valence-electron chi connectivity index (χ1n) is 11.2. The van der Waals surface area contributed by atoms with E-state index in [-0.39, 0.29) is 40.6 Å². The van der Waals surface area contributed by atoms with Crippen LogP contribution in [0.1, 0.15) is 27.8 Å². The number of halogens is 3. The van der Waals surface area contributed by atoms with E-state index in [1.54, 1.807) is 0 Å². The van der Waals surface area contributed by atoms with Crippen molar-refractivity contribution in [2.24, 2.45) is 0 Å². The van der Waals surface area contributed by atoms with Crippen LogP contribution in [0, 0.1) is 20.8 Å². The Hall–Kier alpha value is -1.58. The van der Waals surface area contributed by atoms with Crippen LogP contribution < -0.4 is 15.6 Å².